The van der Waals surface area contributed by atoms with Gasteiger partial charge in [0, 0.05) is 12.7 Å². The quantitative estimate of drug-likeness (QED) is 0.697. The molecule has 0 aliphatic carbocycles. The van der Waals surface area contributed by atoms with E-state index >= 15 is 0 Å². The van der Waals surface area contributed by atoms with Crippen LogP contribution in [0.1, 0.15) is 11.1 Å². The van der Waals surface area contributed by atoms with Crippen LogP contribution in [0.3, 0.4) is 0 Å². The number of rotatable bonds is 5. The standard InChI is InChI=1S/C18H17FN4S/c19-16-8-6-15(7-9-16)12-23-13-17(11-21-23)22-18(24)20-10-14-4-2-1-3-5-14/h1-9,11,13H,10,12H2,(H2,20,22,24). The van der Waals surface area contributed by atoms with Gasteiger partial charge in [-0.1, -0.05) is 42.5 Å². The van der Waals surface area contributed by atoms with Gasteiger partial charge >= 0.3 is 0 Å². The first-order valence-electron chi connectivity index (χ1n) is 7.55. The maximum absolute atomic E-state index is 12.9. The SMILES string of the molecule is Fc1ccc(Cn2cc(NC(=S)NCc3ccccc3)cn2)cc1. The van der Waals surface area contributed by atoms with Gasteiger partial charge < -0.3 is 10.6 Å². The molecule has 3 aromatic rings. The molecule has 6 heteroatoms. The summed E-state index contributed by atoms with van der Waals surface area (Å²) in [5, 5.41) is 11.1. The molecular formula is C18H17FN4S. The van der Waals surface area contributed by atoms with Gasteiger partial charge in [-0.2, -0.15) is 5.10 Å². The summed E-state index contributed by atoms with van der Waals surface area (Å²) in [6.45, 7) is 1.24. The Morgan fingerprint density at radius 3 is 2.54 bits per heavy atom. The van der Waals surface area contributed by atoms with Crippen molar-refractivity contribution in [2.45, 2.75) is 13.1 Å². The summed E-state index contributed by atoms with van der Waals surface area (Å²) in [5.74, 6) is -0.239. The third-order valence-corrected chi connectivity index (χ3v) is 3.69. The highest BCUT2D eigenvalue weighted by Crippen LogP contribution is 2.09. The van der Waals surface area contributed by atoms with Crippen molar-refractivity contribution in [1.82, 2.24) is 15.1 Å². The third kappa shape index (κ3) is 4.63. The van der Waals surface area contributed by atoms with Crippen molar-refractivity contribution in [3.8, 4) is 0 Å². The Morgan fingerprint density at radius 1 is 1.04 bits per heavy atom. The molecule has 3 rings (SSSR count). The number of anilines is 1. The third-order valence-electron chi connectivity index (χ3n) is 3.44. The molecule has 2 aromatic carbocycles. The highest BCUT2D eigenvalue weighted by atomic mass is 32.1. The maximum Gasteiger partial charge on any atom is 0.171 e. The fraction of sp³-hybridized carbons (Fsp3) is 0.111. The van der Waals surface area contributed by atoms with Crippen molar-refractivity contribution < 1.29 is 4.39 Å². The number of nitrogens with one attached hydrogen (secondary N) is 2. The minimum atomic E-state index is -0.239. The summed E-state index contributed by atoms with van der Waals surface area (Å²) in [7, 11) is 0. The molecule has 0 saturated carbocycles. The lowest BCUT2D eigenvalue weighted by Crippen LogP contribution is -2.27. The maximum atomic E-state index is 12.9. The topological polar surface area (TPSA) is 41.9 Å². The largest absolute Gasteiger partial charge is 0.358 e. The normalized spacial score (nSPS) is 10.4. The minimum absolute atomic E-state index is 0.239. The number of nitrogens with zero attached hydrogens (tertiary/aromatic N) is 2. The average molecular weight is 340 g/mol. The van der Waals surface area contributed by atoms with Crippen LogP contribution in [0.5, 0.6) is 0 Å². The zero-order valence-electron chi connectivity index (χ0n) is 12.9. The van der Waals surface area contributed by atoms with E-state index in [4.69, 9.17) is 12.2 Å². The smallest absolute Gasteiger partial charge is 0.171 e. The Morgan fingerprint density at radius 2 is 1.79 bits per heavy atom. The first-order valence-corrected chi connectivity index (χ1v) is 7.95. The van der Waals surface area contributed by atoms with Crippen LogP contribution in [0.4, 0.5) is 10.1 Å². The van der Waals surface area contributed by atoms with Gasteiger partial charge in [0.05, 0.1) is 18.4 Å². The second-order valence-electron chi connectivity index (χ2n) is 5.35. The van der Waals surface area contributed by atoms with E-state index in [2.05, 4.69) is 15.7 Å². The highest BCUT2D eigenvalue weighted by molar-refractivity contribution is 7.80. The van der Waals surface area contributed by atoms with Gasteiger partial charge in [0.25, 0.3) is 0 Å². The van der Waals surface area contributed by atoms with Crippen LogP contribution >= 0.6 is 12.2 Å². The second kappa shape index (κ2) is 7.70. The van der Waals surface area contributed by atoms with Gasteiger partial charge in [-0.3, -0.25) is 4.68 Å². The highest BCUT2D eigenvalue weighted by Gasteiger charge is 2.02. The number of hydrogen-bond acceptors (Lipinski definition) is 2. The van der Waals surface area contributed by atoms with Crippen molar-refractivity contribution >= 4 is 23.0 Å². The molecule has 0 aliphatic heterocycles. The molecule has 0 unspecified atom stereocenters. The molecule has 0 amide bonds. The summed E-state index contributed by atoms with van der Waals surface area (Å²) >= 11 is 5.29. The fourth-order valence-corrected chi connectivity index (χ4v) is 2.43. The lowest BCUT2D eigenvalue weighted by Gasteiger charge is -2.08. The fourth-order valence-electron chi connectivity index (χ4n) is 2.24. The molecule has 1 aromatic heterocycles. The van der Waals surface area contributed by atoms with Gasteiger partial charge in [-0.15, -0.1) is 0 Å². The van der Waals surface area contributed by atoms with E-state index in [-0.39, 0.29) is 5.82 Å². The van der Waals surface area contributed by atoms with Gasteiger partial charge in [0.1, 0.15) is 5.82 Å². The number of hydrogen-bond donors (Lipinski definition) is 2. The van der Waals surface area contributed by atoms with E-state index in [0.29, 0.717) is 18.2 Å². The summed E-state index contributed by atoms with van der Waals surface area (Å²) in [5.41, 5.74) is 2.95. The van der Waals surface area contributed by atoms with E-state index < -0.39 is 0 Å². The first-order chi connectivity index (χ1) is 11.7. The van der Waals surface area contributed by atoms with Crippen molar-refractivity contribution in [1.29, 1.82) is 0 Å². The molecular weight excluding hydrogens is 323 g/mol. The van der Waals surface area contributed by atoms with Gasteiger partial charge in [-0.05, 0) is 35.5 Å². The Kier molecular flexibility index (Phi) is 5.18. The van der Waals surface area contributed by atoms with E-state index in [1.165, 1.54) is 12.1 Å². The molecule has 0 aliphatic rings. The lowest BCUT2D eigenvalue weighted by atomic mass is 10.2. The number of aromatic nitrogens is 2. The van der Waals surface area contributed by atoms with Crippen LogP contribution in [-0.4, -0.2) is 14.9 Å². The van der Waals surface area contributed by atoms with Gasteiger partial charge in [0.15, 0.2) is 5.11 Å². The van der Waals surface area contributed by atoms with E-state index in [9.17, 15) is 4.39 Å². The number of benzene rings is 2. The van der Waals surface area contributed by atoms with E-state index in [1.807, 2.05) is 36.5 Å². The Labute approximate surface area is 145 Å². The molecule has 2 N–H and O–H groups in total. The van der Waals surface area contributed by atoms with Crippen molar-refractivity contribution in [2.24, 2.45) is 0 Å². The molecule has 1 heterocycles. The van der Waals surface area contributed by atoms with Crippen LogP contribution in [0.15, 0.2) is 67.0 Å². The van der Waals surface area contributed by atoms with Gasteiger partial charge in [-0.25, -0.2) is 4.39 Å². The Bertz CT molecular complexity index is 799. The molecule has 0 bridgehead atoms. The molecule has 24 heavy (non-hydrogen) atoms. The zero-order valence-corrected chi connectivity index (χ0v) is 13.8. The summed E-state index contributed by atoms with van der Waals surface area (Å²) in [4.78, 5) is 0. The van der Waals surface area contributed by atoms with Crippen LogP contribution in [0.2, 0.25) is 0 Å². The summed E-state index contributed by atoms with van der Waals surface area (Å²) < 4.78 is 14.7. The molecule has 0 spiro atoms. The number of thiocarbonyl (C=S) groups is 1. The Balaban J connectivity index is 1.51. The average Bonchev–Trinajstić information content (AvgIpc) is 3.03. The van der Waals surface area contributed by atoms with Crippen LogP contribution < -0.4 is 10.6 Å². The van der Waals surface area contributed by atoms with Crippen molar-refractivity contribution in [2.75, 3.05) is 5.32 Å². The first kappa shape index (κ1) is 16.1. The van der Waals surface area contributed by atoms with Crippen LogP contribution in [-0.2, 0) is 13.1 Å². The van der Waals surface area contributed by atoms with Crippen LogP contribution in [0.25, 0.3) is 0 Å². The molecule has 0 atom stereocenters. The van der Waals surface area contributed by atoms with Crippen molar-refractivity contribution in [3.63, 3.8) is 0 Å². The lowest BCUT2D eigenvalue weighted by molar-refractivity contribution is 0.624. The minimum Gasteiger partial charge on any atom is -0.358 e. The van der Waals surface area contributed by atoms with Gasteiger partial charge in [0.2, 0.25) is 0 Å². The molecule has 0 radical (unpaired) electrons. The molecule has 4 nitrogen and oxygen atoms in total. The Hall–Kier alpha value is -2.73. The number of halogens is 1. The van der Waals surface area contributed by atoms with Crippen LogP contribution in [0, 0.1) is 5.82 Å². The second-order valence-corrected chi connectivity index (χ2v) is 5.75. The summed E-state index contributed by atoms with van der Waals surface area (Å²) in [6, 6.07) is 16.4. The summed E-state index contributed by atoms with van der Waals surface area (Å²) in [6.07, 6.45) is 3.57. The predicted octanol–water partition coefficient (Wildman–Crippen LogP) is 3.56. The van der Waals surface area contributed by atoms with Crippen molar-refractivity contribution in [3.05, 3.63) is 83.9 Å². The van der Waals surface area contributed by atoms with E-state index in [0.717, 1.165) is 16.8 Å². The zero-order chi connectivity index (χ0) is 16.8. The predicted molar refractivity (Wildman–Crippen MR) is 97.2 cm³/mol. The molecule has 0 saturated heterocycles. The molecule has 122 valence electrons. The molecule has 0 fully saturated rings. The van der Waals surface area contributed by atoms with E-state index in [1.54, 1.807) is 23.0 Å². The monoisotopic (exact) mass is 340 g/mol.